The number of hydrogen-bond donors (Lipinski definition) is 1. The van der Waals surface area contributed by atoms with E-state index < -0.39 is 0 Å². The van der Waals surface area contributed by atoms with Crippen LogP contribution in [0.5, 0.6) is 5.75 Å². The predicted molar refractivity (Wildman–Crippen MR) is 78.6 cm³/mol. The zero-order valence-electron chi connectivity index (χ0n) is 12.0. The summed E-state index contributed by atoms with van der Waals surface area (Å²) in [5.74, 6) is 0.543. The second kappa shape index (κ2) is 6.37. The molecule has 2 rings (SSSR count). The van der Waals surface area contributed by atoms with Crippen LogP contribution in [-0.4, -0.2) is 11.6 Å². The minimum Gasteiger partial charge on any atom is -0.494 e. The van der Waals surface area contributed by atoms with E-state index in [0.717, 1.165) is 22.7 Å². The molecule has 1 N–H and O–H groups in total. The molecule has 3 nitrogen and oxygen atoms in total. The van der Waals surface area contributed by atoms with Crippen LogP contribution in [0.15, 0.2) is 36.5 Å². The molecule has 1 unspecified atom stereocenters. The third-order valence-corrected chi connectivity index (χ3v) is 3.07. The fourth-order valence-corrected chi connectivity index (χ4v) is 2.01. The number of rotatable bonds is 5. The van der Waals surface area contributed by atoms with Crippen molar-refractivity contribution >= 4 is 5.69 Å². The van der Waals surface area contributed by atoms with Crippen molar-refractivity contribution in [1.29, 1.82) is 0 Å². The molecule has 4 heteroatoms. The Kier molecular flexibility index (Phi) is 4.56. The zero-order chi connectivity index (χ0) is 14.5. The third-order valence-electron chi connectivity index (χ3n) is 3.07. The van der Waals surface area contributed by atoms with Crippen LogP contribution in [0.3, 0.4) is 0 Å². The van der Waals surface area contributed by atoms with E-state index in [9.17, 15) is 4.39 Å². The van der Waals surface area contributed by atoms with E-state index in [1.807, 2.05) is 39.0 Å². The Labute approximate surface area is 118 Å². The summed E-state index contributed by atoms with van der Waals surface area (Å²) in [5.41, 5.74) is 2.93. The quantitative estimate of drug-likeness (QED) is 0.891. The van der Waals surface area contributed by atoms with Crippen LogP contribution in [0.2, 0.25) is 0 Å². The number of ether oxygens (including phenoxy) is 1. The van der Waals surface area contributed by atoms with Crippen molar-refractivity contribution in [2.45, 2.75) is 26.8 Å². The van der Waals surface area contributed by atoms with Gasteiger partial charge in [-0.3, -0.25) is 4.98 Å². The average molecular weight is 274 g/mol. The number of nitrogens with zero attached hydrogens (tertiary/aromatic N) is 1. The molecule has 0 saturated heterocycles. The number of benzene rings is 1. The number of anilines is 1. The highest BCUT2D eigenvalue weighted by molar-refractivity contribution is 5.54. The molecule has 0 aliphatic heterocycles. The standard InChI is InChI=1S/C16H19FN2O/c1-4-20-14-6-8-15(11(2)9-14)19-12(3)16-7-5-13(17)10-18-16/h5-10,12,19H,4H2,1-3H3. The first-order chi connectivity index (χ1) is 9.60. The molecule has 0 aliphatic rings. The van der Waals surface area contributed by atoms with E-state index in [2.05, 4.69) is 10.3 Å². The average Bonchev–Trinajstić information content (AvgIpc) is 2.43. The van der Waals surface area contributed by atoms with Crippen LogP contribution in [0.1, 0.15) is 31.1 Å². The van der Waals surface area contributed by atoms with Crippen molar-refractivity contribution in [3.8, 4) is 5.75 Å². The Morgan fingerprint density at radius 3 is 2.70 bits per heavy atom. The van der Waals surface area contributed by atoms with E-state index >= 15 is 0 Å². The number of aryl methyl sites for hydroxylation is 1. The van der Waals surface area contributed by atoms with E-state index in [0.29, 0.717) is 6.61 Å². The van der Waals surface area contributed by atoms with Gasteiger partial charge in [-0.25, -0.2) is 4.39 Å². The van der Waals surface area contributed by atoms with Crippen LogP contribution in [0.4, 0.5) is 10.1 Å². The lowest BCUT2D eigenvalue weighted by atomic mass is 10.1. The molecule has 0 amide bonds. The molecule has 20 heavy (non-hydrogen) atoms. The van der Waals surface area contributed by atoms with Gasteiger partial charge in [0.2, 0.25) is 0 Å². The van der Waals surface area contributed by atoms with Gasteiger partial charge in [0.25, 0.3) is 0 Å². The summed E-state index contributed by atoms with van der Waals surface area (Å²) in [6.45, 7) is 6.64. The highest BCUT2D eigenvalue weighted by atomic mass is 19.1. The summed E-state index contributed by atoms with van der Waals surface area (Å²) >= 11 is 0. The van der Waals surface area contributed by atoms with E-state index in [1.54, 1.807) is 6.07 Å². The number of aromatic nitrogens is 1. The van der Waals surface area contributed by atoms with E-state index in [-0.39, 0.29) is 11.9 Å². The highest BCUT2D eigenvalue weighted by Gasteiger charge is 2.09. The fraction of sp³-hybridized carbons (Fsp3) is 0.312. The molecular formula is C16H19FN2O. The lowest BCUT2D eigenvalue weighted by Crippen LogP contribution is -2.09. The number of nitrogens with one attached hydrogen (secondary N) is 1. The second-order valence-corrected chi connectivity index (χ2v) is 4.68. The van der Waals surface area contributed by atoms with E-state index in [1.165, 1.54) is 12.3 Å². The summed E-state index contributed by atoms with van der Waals surface area (Å²) in [4.78, 5) is 4.09. The van der Waals surface area contributed by atoms with Gasteiger partial charge in [0.15, 0.2) is 0 Å². The van der Waals surface area contributed by atoms with Gasteiger partial charge in [0.1, 0.15) is 11.6 Å². The van der Waals surface area contributed by atoms with Crippen LogP contribution in [0.25, 0.3) is 0 Å². The Balaban J connectivity index is 2.11. The fourth-order valence-electron chi connectivity index (χ4n) is 2.01. The summed E-state index contributed by atoms with van der Waals surface area (Å²) < 4.78 is 18.3. The summed E-state index contributed by atoms with van der Waals surface area (Å²) in [6, 6.07) is 9.04. The molecular weight excluding hydrogens is 255 g/mol. The summed E-state index contributed by atoms with van der Waals surface area (Å²) in [7, 11) is 0. The number of halogens is 1. The van der Waals surface area contributed by atoms with Gasteiger partial charge < -0.3 is 10.1 Å². The molecule has 0 spiro atoms. The normalized spacial score (nSPS) is 12.0. The smallest absolute Gasteiger partial charge is 0.141 e. The van der Waals surface area contributed by atoms with Gasteiger partial charge in [-0.15, -0.1) is 0 Å². The van der Waals surface area contributed by atoms with Gasteiger partial charge >= 0.3 is 0 Å². The molecule has 0 radical (unpaired) electrons. The molecule has 1 aromatic heterocycles. The van der Waals surface area contributed by atoms with Crippen molar-refractivity contribution in [1.82, 2.24) is 4.98 Å². The van der Waals surface area contributed by atoms with Crippen LogP contribution in [-0.2, 0) is 0 Å². The van der Waals surface area contributed by atoms with Gasteiger partial charge in [0, 0.05) is 5.69 Å². The lowest BCUT2D eigenvalue weighted by molar-refractivity contribution is 0.340. The Morgan fingerprint density at radius 1 is 1.30 bits per heavy atom. The SMILES string of the molecule is CCOc1ccc(NC(C)c2ccc(F)cn2)c(C)c1. The largest absolute Gasteiger partial charge is 0.494 e. The first-order valence-corrected chi connectivity index (χ1v) is 6.71. The van der Waals surface area contributed by atoms with Crippen molar-refractivity contribution in [2.75, 3.05) is 11.9 Å². The Morgan fingerprint density at radius 2 is 2.10 bits per heavy atom. The number of hydrogen-bond acceptors (Lipinski definition) is 3. The monoisotopic (exact) mass is 274 g/mol. The number of pyridine rings is 1. The van der Waals surface area contributed by atoms with Crippen LogP contribution in [0, 0.1) is 12.7 Å². The van der Waals surface area contributed by atoms with Crippen molar-refractivity contribution in [3.05, 3.63) is 53.6 Å². The molecule has 2 aromatic rings. The summed E-state index contributed by atoms with van der Waals surface area (Å²) in [6.07, 6.45) is 1.23. The molecule has 1 aromatic carbocycles. The van der Waals surface area contributed by atoms with Gasteiger partial charge in [-0.2, -0.15) is 0 Å². The van der Waals surface area contributed by atoms with Crippen LogP contribution >= 0.6 is 0 Å². The van der Waals surface area contributed by atoms with Crippen molar-refractivity contribution in [3.63, 3.8) is 0 Å². The first kappa shape index (κ1) is 14.3. The second-order valence-electron chi connectivity index (χ2n) is 4.68. The summed E-state index contributed by atoms with van der Waals surface area (Å²) in [5, 5.41) is 3.37. The maximum atomic E-state index is 12.9. The van der Waals surface area contributed by atoms with Gasteiger partial charge in [-0.05, 0) is 56.7 Å². The highest BCUT2D eigenvalue weighted by Crippen LogP contribution is 2.25. The first-order valence-electron chi connectivity index (χ1n) is 6.71. The Bertz CT molecular complexity index is 569. The molecule has 106 valence electrons. The molecule has 0 bridgehead atoms. The van der Waals surface area contributed by atoms with Crippen molar-refractivity contribution in [2.24, 2.45) is 0 Å². The van der Waals surface area contributed by atoms with Gasteiger partial charge in [-0.1, -0.05) is 0 Å². The third kappa shape index (κ3) is 3.47. The molecule has 1 heterocycles. The van der Waals surface area contributed by atoms with Crippen LogP contribution < -0.4 is 10.1 Å². The molecule has 1 atom stereocenters. The molecule has 0 aliphatic carbocycles. The predicted octanol–water partition coefficient (Wildman–Crippen LogP) is 4.10. The van der Waals surface area contributed by atoms with Gasteiger partial charge in [0.05, 0.1) is 24.5 Å². The lowest BCUT2D eigenvalue weighted by Gasteiger charge is -2.17. The zero-order valence-corrected chi connectivity index (χ0v) is 12.0. The maximum absolute atomic E-state index is 12.9. The van der Waals surface area contributed by atoms with Crippen molar-refractivity contribution < 1.29 is 9.13 Å². The Hall–Kier alpha value is -2.10. The topological polar surface area (TPSA) is 34.1 Å². The molecule has 0 saturated carbocycles. The minimum absolute atomic E-state index is 0.00671. The molecule has 0 fully saturated rings. The maximum Gasteiger partial charge on any atom is 0.141 e. The van der Waals surface area contributed by atoms with E-state index in [4.69, 9.17) is 4.74 Å². The minimum atomic E-state index is -0.321.